The highest BCUT2D eigenvalue weighted by Crippen LogP contribution is 2.42. The minimum atomic E-state index is -0.838. The van der Waals surface area contributed by atoms with Crippen LogP contribution < -0.4 is 0 Å². The third kappa shape index (κ3) is 2.26. The molecule has 0 aliphatic carbocycles. The highest BCUT2D eigenvalue weighted by Gasteiger charge is 2.42. The molecule has 3 atom stereocenters. The van der Waals surface area contributed by atoms with Crippen LogP contribution >= 0.6 is 22.6 Å². The first kappa shape index (κ1) is 13.3. The van der Waals surface area contributed by atoms with E-state index in [1.807, 2.05) is 4.90 Å². The van der Waals surface area contributed by atoms with Crippen LogP contribution in [0.4, 0.5) is 8.78 Å². The molecular formula is C14H14F2INO. The lowest BCUT2D eigenvalue weighted by Crippen LogP contribution is -2.45. The van der Waals surface area contributed by atoms with Gasteiger partial charge < -0.3 is 4.90 Å². The fourth-order valence-electron chi connectivity index (χ4n) is 3.17. The summed E-state index contributed by atoms with van der Waals surface area (Å²) in [4.78, 5) is 14.2. The van der Waals surface area contributed by atoms with Crippen LogP contribution in [-0.4, -0.2) is 20.8 Å². The standard InChI is InChI=1S/C14H14F2INO/c15-10-4-1-8(7-11(10)16)13-6-3-9-2-5-12(17)14(19)18(9)13/h1,4,7,9,12-13H,2-3,5-6H2/t9-,12?,13-/m0/s1. The number of carbonyl (C=O) groups is 1. The van der Waals surface area contributed by atoms with Gasteiger partial charge in [0.05, 0.1) is 9.97 Å². The molecule has 0 radical (unpaired) electrons. The van der Waals surface area contributed by atoms with E-state index in [0.29, 0.717) is 5.56 Å². The summed E-state index contributed by atoms with van der Waals surface area (Å²) in [6.45, 7) is 0. The number of carbonyl (C=O) groups excluding carboxylic acids is 1. The Kier molecular flexibility index (Phi) is 3.49. The molecule has 1 aromatic rings. The van der Waals surface area contributed by atoms with E-state index in [1.54, 1.807) is 6.07 Å². The van der Waals surface area contributed by atoms with Gasteiger partial charge in [-0.15, -0.1) is 0 Å². The largest absolute Gasteiger partial charge is 0.332 e. The highest BCUT2D eigenvalue weighted by atomic mass is 127. The fourth-order valence-corrected chi connectivity index (χ4v) is 3.85. The van der Waals surface area contributed by atoms with Gasteiger partial charge in [0.25, 0.3) is 0 Å². The van der Waals surface area contributed by atoms with E-state index >= 15 is 0 Å². The lowest BCUT2D eigenvalue weighted by atomic mass is 10.0. The Balaban J connectivity index is 1.92. The van der Waals surface area contributed by atoms with Crippen molar-refractivity contribution in [3.05, 3.63) is 35.4 Å². The van der Waals surface area contributed by atoms with E-state index in [0.717, 1.165) is 31.7 Å². The summed E-state index contributed by atoms with van der Waals surface area (Å²) in [5, 5.41) is 0. The molecule has 0 aromatic heterocycles. The van der Waals surface area contributed by atoms with E-state index in [4.69, 9.17) is 0 Å². The van der Waals surface area contributed by atoms with Crippen LogP contribution in [-0.2, 0) is 4.79 Å². The van der Waals surface area contributed by atoms with Gasteiger partial charge in [-0.25, -0.2) is 8.78 Å². The Morgan fingerprint density at radius 3 is 2.58 bits per heavy atom. The smallest absolute Gasteiger partial charge is 0.236 e. The second-order valence-electron chi connectivity index (χ2n) is 5.21. The molecule has 2 aliphatic rings. The summed E-state index contributed by atoms with van der Waals surface area (Å²) in [5.41, 5.74) is 0.709. The minimum Gasteiger partial charge on any atom is -0.332 e. The third-order valence-corrected chi connectivity index (χ3v) is 5.26. The number of hydrogen-bond acceptors (Lipinski definition) is 1. The van der Waals surface area contributed by atoms with Crippen LogP contribution in [0.25, 0.3) is 0 Å². The predicted octanol–water partition coefficient (Wildman–Crippen LogP) is 3.59. The van der Waals surface area contributed by atoms with Crippen LogP contribution in [0.15, 0.2) is 18.2 Å². The maximum atomic E-state index is 13.4. The summed E-state index contributed by atoms with van der Waals surface area (Å²) in [7, 11) is 0. The normalized spacial score (nSPS) is 30.6. The zero-order valence-electron chi connectivity index (χ0n) is 10.3. The van der Waals surface area contributed by atoms with Gasteiger partial charge in [0.2, 0.25) is 5.91 Å². The Bertz CT molecular complexity index is 522. The molecule has 2 fully saturated rings. The van der Waals surface area contributed by atoms with E-state index in [1.165, 1.54) is 6.07 Å². The molecule has 1 amide bonds. The molecule has 0 bridgehead atoms. The number of nitrogens with zero attached hydrogens (tertiary/aromatic N) is 1. The van der Waals surface area contributed by atoms with Crippen LogP contribution in [0, 0.1) is 11.6 Å². The zero-order chi connectivity index (χ0) is 13.6. The van der Waals surface area contributed by atoms with Crippen molar-refractivity contribution in [3.8, 4) is 0 Å². The van der Waals surface area contributed by atoms with E-state index < -0.39 is 11.6 Å². The maximum absolute atomic E-state index is 13.4. The monoisotopic (exact) mass is 377 g/mol. The van der Waals surface area contributed by atoms with Crippen molar-refractivity contribution in [1.29, 1.82) is 0 Å². The van der Waals surface area contributed by atoms with Crippen LogP contribution in [0.3, 0.4) is 0 Å². The minimum absolute atomic E-state index is 0.0137. The van der Waals surface area contributed by atoms with Gasteiger partial charge in [-0.3, -0.25) is 4.79 Å². The second kappa shape index (κ2) is 5.00. The lowest BCUT2D eigenvalue weighted by molar-refractivity contribution is -0.135. The number of amides is 1. The summed E-state index contributed by atoms with van der Waals surface area (Å²) in [6.07, 6.45) is 3.73. The van der Waals surface area contributed by atoms with Crippen molar-refractivity contribution in [1.82, 2.24) is 4.90 Å². The van der Waals surface area contributed by atoms with Crippen molar-refractivity contribution in [2.75, 3.05) is 0 Å². The van der Waals surface area contributed by atoms with Crippen molar-refractivity contribution in [2.24, 2.45) is 0 Å². The molecule has 1 unspecified atom stereocenters. The number of rotatable bonds is 1. The molecule has 0 saturated carbocycles. The van der Waals surface area contributed by atoms with E-state index in [9.17, 15) is 13.6 Å². The topological polar surface area (TPSA) is 20.3 Å². The first-order valence-corrected chi connectivity index (χ1v) is 7.73. The van der Waals surface area contributed by atoms with Gasteiger partial charge >= 0.3 is 0 Å². The SMILES string of the molecule is O=C1C(I)CC[C@H]2CC[C@@H](c3ccc(F)c(F)c3)N12. The molecule has 2 nitrogen and oxygen atoms in total. The molecule has 2 heterocycles. The van der Waals surface area contributed by atoms with Crippen molar-refractivity contribution >= 4 is 28.5 Å². The molecule has 0 spiro atoms. The van der Waals surface area contributed by atoms with Crippen LogP contribution in [0.1, 0.15) is 37.3 Å². The number of piperidine rings is 1. The molecule has 102 valence electrons. The number of fused-ring (bicyclic) bond motifs is 1. The summed E-state index contributed by atoms with van der Waals surface area (Å²) in [5.74, 6) is -1.53. The second-order valence-corrected chi connectivity index (χ2v) is 6.71. The Hall–Kier alpha value is -0.720. The lowest BCUT2D eigenvalue weighted by Gasteiger charge is -2.36. The number of hydrogen-bond donors (Lipinski definition) is 0. The summed E-state index contributed by atoms with van der Waals surface area (Å²) >= 11 is 2.18. The quantitative estimate of drug-likeness (QED) is 0.541. The van der Waals surface area contributed by atoms with Gasteiger partial charge in [0.15, 0.2) is 11.6 Å². The molecule has 2 aliphatic heterocycles. The van der Waals surface area contributed by atoms with Gasteiger partial charge in [-0.2, -0.15) is 0 Å². The van der Waals surface area contributed by atoms with Gasteiger partial charge in [-0.1, -0.05) is 28.7 Å². The van der Waals surface area contributed by atoms with Crippen LogP contribution in [0.2, 0.25) is 0 Å². The molecule has 3 rings (SSSR count). The molecule has 0 N–H and O–H groups in total. The van der Waals surface area contributed by atoms with Crippen molar-refractivity contribution in [2.45, 2.75) is 41.7 Å². The Labute approximate surface area is 124 Å². The van der Waals surface area contributed by atoms with Gasteiger partial charge in [0, 0.05) is 6.04 Å². The summed E-state index contributed by atoms with van der Waals surface area (Å²) < 4.78 is 26.4. The predicted molar refractivity (Wildman–Crippen MR) is 76.0 cm³/mol. The fraction of sp³-hybridized carbons (Fsp3) is 0.500. The van der Waals surface area contributed by atoms with Crippen LogP contribution in [0.5, 0.6) is 0 Å². The molecule has 2 saturated heterocycles. The number of benzene rings is 1. The molecule has 5 heteroatoms. The third-order valence-electron chi connectivity index (χ3n) is 4.11. The molecular weight excluding hydrogens is 363 g/mol. The Morgan fingerprint density at radius 1 is 1.11 bits per heavy atom. The van der Waals surface area contributed by atoms with Gasteiger partial charge in [-0.05, 0) is 43.4 Å². The molecule has 19 heavy (non-hydrogen) atoms. The molecule has 1 aromatic carbocycles. The number of halogens is 3. The average Bonchev–Trinajstić information content (AvgIpc) is 2.82. The maximum Gasteiger partial charge on any atom is 0.236 e. The summed E-state index contributed by atoms with van der Waals surface area (Å²) in [6, 6.07) is 4.15. The average molecular weight is 377 g/mol. The Morgan fingerprint density at radius 2 is 1.84 bits per heavy atom. The highest BCUT2D eigenvalue weighted by molar-refractivity contribution is 14.1. The first-order valence-electron chi connectivity index (χ1n) is 6.49. The van der Waals surface area contributed by atoms with Gasteiger partial charge in [0.1, 0.15) is 0 Å². The van der Waals surface area contributed by atoms with E-state index in [2.05, 4.69) is 22.6 Å². The van der Waals surface area contributed by atoms with Crippen molar-refractivity contribution < 1.29 is 13.6 Å². The first-order chi connectivity index (χ1) is 9.08. The van der Waals surface area contributed by atoms with Crippen molar-refractivity contribution in [3.63, 3.8) is 0 Å². The zero-order valence-corrected chi connectivity index (χ0v) is 12.4. The van der Waals surface area contributed by atoms with E-state index in [-0.39, 0.29) is 21.9 Å². The number of alkyl halides is 1.